The summed E-state index contributed by atoms with van der Waals surface area (Å²) < 4.78 is 26.7. The van der Waals surface area contributed by atoms with E-state index in [1.807, 2.05) is 36.4 Å². The topological polar surface area (TPSA) is 23.8 Å². The lowest BCUT2D eigenvalue weighted by molar-refractivity contribution is 0.506. The minimum atomic E-state index is -0.999. The van der Waals surface area contributed by atoms with Crippen LogP contribution in [0.25, 0.3) is 12.2 Å². The van der Waals surface area contributed by atoms with Crippen LogP contribution in [0.15, 0.2) is 42.5 Å². The Morgan fingerprint density at radius 3 is 2.33 bits per heavy atom. The van der Waals surface area contributed by atoms with Gasteiger partial charge in [-0.2, -0.15) is 5.26 Å². The molecule has 0 spiro atoms. The molecule has 0 fully saturated rings. The fourth-order valence-corrected chi connectivity index (χ4v) is 1.57. The molecule has 2 rings (SSSR count). The Morgan fingerprint density at radius 1 is 0.944 bits per heavy atom. The van der Waals surface area contributed by atoms with Crippen molar-refractivity contribution in [3.8, 4) is 6.07 Å². The number of benzene rings is 2. The lowest BCUT2D eigenvalue weighted by Gasteiger charge is -2.01. The highest BCUT2D eigenvalue weighted by Gasteiger charge is 2.10. The second kappa shape index (κ2) is 5.24. The molecule has 2 aromatic rings. The number of rotatable bonds is 2. The van der Waals surface area contributed by atoms with Gasteiger partial charge in [0, 0.05) is 5.56 Å². The van der Waals surface area contributed by atoms with Crippen LogP contribution < -0.4 is 0 Å². The van der Waals surface area contributed by atoms with E-state index in [4.69, 9.17) is 5.26 Å². The normalized spacial score (nSPS) is 10.5. The number of nitriles is 1. The van der Waals surface area contributed by atoms with Gasteiger partial charge in [-0.1, -0.05) is 36.4 Å². The zero-order chi connectivity index (χ0) is 13.0. The predicted molar refractivity (Wildman–Crippen MR) is 66.4 cm³/mol. The summed E-state index contributed by atoms with van der Waals surface area (Å²) in [5, 5.41) is 8.86. The second-order valence-electron chi connectivity index (χ2n) is 3.68. The van der Waals surface area contributed by atoms with Crippen molar-refractivity contribution >= 4 is 12.2 Å². The number of nitrogens with zero attached hydrogens (tertiary/aromatic N) is 1. The molecule has 1 nitrogen and oxygen atoms in total. The minimum Gasteiger partial charge on any atom is -0.204 e. The lowest BCUT2D eigenvalue weighted by atomic mass is 10.1. The molecule has 0 aliphatic heterocycles. The van der Waals surface area contributed by atoms with Crippen molar-refractivity contribution in [1.29, 1.82) is 5.26 Å². The van der Waals surface area contributed by atoms with Gasteiger partial charge in [-0.15, -0.1) is 0 Å². The molecule has 0 saturated carbocycles. The fourth-order valence-electron chi connectivity index (χ4n) is 1.57. The first-order valence-electron chi connectivity index (χ1n) is 5.33. The maximum atomic E-state index is 13.6. The van der Waals surface area contributed by atoms with Crippen LogP contribution in [0.3, 0.4) is 0 Å². The van der Waals surface area contributed by atoms with Crippen LogP contribution >= 0.6 is 0 Å². The molecule has 0 aromatic heterocycles. The maximum absolute atomic E-state index is 13.6. The molecule has 0 atom stereocenters. The standard InChI is InChI=1S/C15H9F2N/c16-14-9-7-12(10-18)13(15(14)17)8-6-11-4-2-1-3-5-11/h1-9H/b8-6+. The summed E-state index contributed by atoms with van der Waals surface area (Å²) in [5.74, 6) is -1.96. The molecule has 0 aliphatic carbocycles. The summed E-state index contributed by atoms with van der Waals surface area (Å²) in [6.07, 6.45) is 3.05. The molecule has 0 amide bonds. The first kappa shape index (κ1) is 12.0. The van der Waals surface area contributed by atoms with E-state index in [1.54, 1.807) is 6.08 Å². The highest BCUT2D eigenvalue weighted by molar-refractivity contribution is 5.72. The Balaban J connectivity index is 2.44. The number of halogens is 2. The van der Waals surface area contributed by atoms with Crippen LogP contribution in [0.4, 0.5) is 8.78 Å². The summed E-state index contributed by atoms with van der Waals surface area (Å²) in [4.78, 5) is 0. The monoisotopic (exact) mass is 241 g/mol. The third-order valence-electron chi connectivity index (χ3n) is 2.50. The molecule has 0 radical (unpaired) electrons. The zero-order valence-electron chi connectivity index (χ0n) is 9.40. The van der Waals surface area contributed by atoms with Gasteiger partial charge in [-0.25, -0.2) is 8.78 Å². The molecule has 0 saturated heterocycles. The summed E-state index contributed by atoms with van der Waals surface area (Å²) in [5.41, 5.74) is 0.937. The third-order valence-corrected chi connectivity index (χ3v) is 2.50. The van der Waals surface area contributed by atoms with Gasteiger partial charge in [-0.05, 0) is 23.8 Å². The largest absolute Gasteiger partial charge is 0.204 e. The van der Waals surface area contributed by atoms with Crippen LogP contribution in [-0.4, -0.2) is 0 Å². The van der Waals surface area contributed by atoms with Gasteiger partial charge < -0.3 is 0 Å². The van der Waals surface area contributed by atoms with Crippen molar-refractivity contribution in [1.82, 2.24) is 0 Å². The SMILES string of the molecule is N#Cc1ccc(F)c(F)c1/C=C/c1ccccc1. The van der Waals surface area contributed by atoms with Crippen molar-refractivity contribution in [2.45, 2.75) is 0 Å². The second-order valence-corrected chi connectivity index (χ2v) is 3.68. The molecule has 0 heterocycles. The molecule has 0 N–H and O–H groups in total. The Labute approximate surface area is 104 Å². The van der Waals surface area contributed by atoms with Crippen molar-refractivity contribution in [3.05, 3.63) is 70.8 Å². The van der Waals surface area contributed by atoms with Crippen LogP contribution in [-0.2, 0) is 0 Å². The number of hydrogen-bond donors (Lipinski definition) is 0. The Kier molecular flexibility index (Phi) is 3.49. The van der Waals surface area contributed by atoms with E-state index in [0.717, 1.165) is 11.6 Å². The van der Waals surface area contributed by atoms with E-state index in [0.29, 0.717) is 0 Å². The highest BCUT2D eigenvalue weighted by atomic mass is 19.2. The van der Waals surface area contributed by atoms with Crippen molar-refractivity contribution < 1.29 is 8.78 Å². The first-order chi connectivity index (χ1) is 8.72. The van der Waals surface area contributed by atoms with Gasteiger partial charge in [0.05, 0.1) is 11.6 Å². The summed E-state index contributed by atoms with van der Waals surface area (Å²) >= 11 is 0. The Morgan fingerprint density at radius 2 is 1.67 bits per heavy atom. The van der Waals surface area contributed by atoms with E-state index >= 15 is 0 Å². The molecule has 0 aliphatic rings. The quantitative estimate of drug-likeness (QED) is 0.729. The van der Waals surface area contributed by atoms with Crippen molar-refractivity contribution in [2.24, 2.45) is 0 Å². The Hall–Kier alpha value is -2.47. The van der Waals surface area contributed by atoms with Crippen LogP contribution in [0.5, 0.6) is 0 Å². The average molecular weight is 241 g/mol. The lowest BCUT2D eigenvalue weighted by Crippen LogP contribution is -1.92. The molecule has 3 heteroatoms. The first-order valence-corrected chi connectivity index (χ1v) is 5.33. The molecule has 0 unspecified atom stereocenters. The molecular weight excluding hydrogens is 232 g/mol. The van der Waals surface area contributed by atoms with Gasteiger partial charge in [0.2, 0.25) is 0 Å². The summed E-state index contributed by atoms with van der Waals surface area (Å²) in [6, 6.07) is 13.3. The van der Waals surface area contributed by atoms with E-state index in [2.05, 4.69) is 0 Å². The smallest absolute Gasteiger partial charge is 0.167 e. The highest BCUT2D eigenvalue weighted by Crippen LogP contribution is 2.19. The summed E-state index contributed by atoms with van der Waals surface area (Å²) in [6.45, 7) is 0. The summed E-state index contributed by atoms with van der Waals surface area (Å²) in [7, 11) is 0. The van der Waals surface area contributed by atoms with E-state index in [9.17, 15) is 8.78 Å². The minimum absolute atomic E-state index is 0.0265. The van der Waals surface area contributed by atoms with Gasteiger partial charge >= 0.3 is 0 Å². The van der Waals surface area contributed by atoms with Crippen molar-refractivity contribution in [3.63, 3.8) is 0 Å². The van der Waals surface area contributed by atoms with Crippen LogP contribution in [0, 0.1) is 23.0 Å². The molecular formula is C15H9F2N. The van der Waals surface area contributed by atoms with E-state index < -0.39 is 11.6 Å². The fraction of sp³-hybridized carbons (Fsp3) is 0. The predicted octanol–water partition coefficient (Wildman–Crippen LogP) is 4.01. The zero-order valence-corrected chi connectivity index (χ0v) is 9.40. The van der Waals surface area contributed by atoms with Gasteiger partial charge in [0.25, 0.3) is 0 Å². The van der Waals surface area contributed by atoms with E-state index in [-0.39, 0.29) is 11.1 Å². The van der Waals surface area contributed by atoms with Gasteiger partial charge in [0.1, 0.15) is 0 Å². The van der Waals surface area contributed by atoms with Crippen LogP contribution in [0.2, 0.25) is 0 Å². The van der Waals surface area contributed by atoms with Gasteiger partial charge in [0.15, 0.2) is 11.6 Å². The Bertz CT molecular complexity index is 625. The number of hydrogen-bond acceptors (Lipinski definition) is 1. The molecule has 0 bridgehead atoms. The van der Waals surface area contributed by atoms with Crippen molar-refractivity contribution in [2.75, 3.05) is 0 Å². The maximum Gasteiger partial charge on any atom is 0.167 e. The molecule has 2 aromatic carbocycles. The van der Waals surface area contributed by atoms with Crippen LogP contribution in [0.1, 0.15) is 16.7 Å². The molecule has 18 heavy (non-hydrogen) atoms. The average Bonchev–Trinajstić information content (AvgIpc) is 2.41. The third kappa shape index (κ3) is 2.44. The van der Waals surface area contributed by atoms with E-state index in [1.165, 1.54) is 12.1 Å². The van der Waals surface area contributed by atoms with Gasteiger partial charge in [-0.3, -0.25) is 0 Å². The molecule has 88 valence electrons.